The van der Waals surface area contributed by atoms with Gasteiger partial charge in [0.25, 0.3) is 0 Å². The fourth-order valence-corrected chi connectivity index (χ4v) is 6.33. The van der Waals surface area contributed by atoms with Crippen molar-refractivity contribution in [1.82, 2.24) is 4.98 Å². The molecule has 1 N–H and O–H groups in total. The molecule has 0 radical (unpaired) electrons. The number of methoxy groups -OCH3 is 1. The van der Waals surface area contributed by atoms with Gasteiger partial charge in [0.15, 0.2) is 0 Å². The highest BCUT2D eigenvalue weighted by atomic mass is 35.5. The lowest BCUT2D eigenvalue weighted by Crippen LogP contribution is -2.15. The number of benzene rings is 1. The molecule has 0 fully saturated rings. The molecular formula is C26H24ClN3O3S2. The minimum absolute atomic E-state index is 0.188. The van der Waals surface area contributed by atoms with Crippen LogP contribution in [0.15, 0.2) is 41.4 Å². The molecule has 0 bridgehead atoms. The van der Waals surface area contributed by atoms with Crippen molar-refractivity contribution in [3.05, 3.63) is 63.0 Å². The summed E-state index contributed by atoms with van der Waals surface area (Å²) in [6.45, 7) is 0. The normalized spacial score (nSPS) is 12.8. The molecule has 9 heteroatoms. The number of anilines is 1. The van der Waals surface area contributed by atoms with Crippen LogP contribution in [-0.2, 0) is 22.4 Å². The monoisotopic (exact) mass is 525 g/mol. The highest BCUT2D eigenvalue weighted by molar-refractivity contribution is 7.99. The van der Waals surface area contributed by atoms with Crippen LogP contribution in [0.3, 0.4) is 0 Å². The summed E-state index contributed by atoms with van der Waals surface area (Å²) in [5, 5.41) is 14.2. The molecule has 0 atom stereocenters. The minimum Gasteiger partial charge on any atom is -0.465 e. The molecule has 0 saturated heterocycles. The van der Waals surface area contributed by atoms with Gasteiger partial charge in [-0.25, -0.2) is 9.78 Å². The highest BCUT2D eigenvalue weighted by Gasteiger charge is 2.26. The fraction of sp³-hybridized carbons (Fsp3) is 0.308. The van der Waals surface area contributed by atoms with Crippen LogP contribution in [0.4, 0.5) is 5.00 Å². The molecule has 6 nitrogen and oxygen atoms in total. The smallest absolute Gasteiger partial charge is 0.341 e. The first kappa shape index (κ1) is 25.2. The second-order valence-electron chi connectivity index (χ2n) is 8.07. The second kappa shape index (κ2) is 11.7. The van der Waals surface area contributed by atoms with E-state index < -0.39 is 5.97 Å². The third kappa shape index (κ3) is 6.04. The number of thiophene rings is 1. The van der Waals surface area contributed by atoms with Crippen molar-refractivity contribution in [2.75, 3.05) is 18.2 Å². The quantitative estimate of drug-likeness (QED) is 0.215. The number of aromatic nitrogens is 1. The standard InChI is InChI=1S/C26H24ClN3O3S2/c1-33-26(32)23-19-5-3-2-4-6-21(19)35-25(23)30-22(31)13-14-34-24-17(15-28)9-12-20(29-24)16-7-10-18(27)11-8-16/h7-12H,2-6,13-14H2,1H3,(H,30,31). The number of esters is 1. The van der Waals surface area contributed by atoms with Gasteiger partial charge in [-0.05, 0) is 55.5 Å². The summed E-state index contributed by atoms with van der Waals surface area (Å²) in [4.78, 5) is 31.0. The Morgan fingerprint density at radius 2 is 1.94 bits per heavy atom. The van der Waals surface area contributed by atoms with Crippen molar-refractivity contribution in [3.8, 4) is 17.3 Å². The predicted molar refractivity (Wildman–Crippen MR) is 140 cm³/mol. The Labute approximate surface area is 217 Å². The Morgan fingerprint density at radius 3 is 2.69 bits per heavy atom. The Morgan fingerprint density at radius 1 is 1.17 bits per heavy atom. The van der Waals surface area contributed by atoms with Crippen molar-refractivity contribution in [2.45, 2.75) is 43.6 Å². The molecule has 1 aromatic carbocycles. The van der Waals surface area contributed by atoms with Crippen molar-refractivity contribution >= 4 is 51.6 Å². The number of nitriles is 1. The number of rotatable bonds is 7. The van der Waals surface area contributed by atoms with E-state index in [0.29, 0.717) is 31.9 Å². The number of nitrogens with one attached hydrogen (secondary N) is 1. The zero-order chi connectivity index (χ0) is 24.8. The van der Waals surface area contributed by atoms with Crippen molar-refractivity contribution in [2.24, 2.45) is 0 Å². The zero-order valence-electron chi connectivity index (χ0n) is 19.2. The average Bonchev–Trinajstić information content (AvgIpc) is 3.03. The topological polar surface area (TPSA) is 92.1 Å². The van der Waals surface area contributed by atoms with Gasteiger partial charge in [-0.1, -0.05) is 30.2 Å². The molecule has 0 spiro atoms. The number of hydrogen-bond donors (Lipinski definition) is 1. The number of halogens is 1. The molecule has 1 aliphatic carbocycles. The molecule has 0 unspecified atom stereocenters. The maximum atomic E-state index is 12.8. The van der Waals surface area contributed by atoms with Crippen LogP contribution in [0.2, 0.25) is 5.02 Å². The van der Waals surface area contributed by atoms with Crippen molar-refractivity contribution in [3.63, 3.8) is 0 Å². The summed E-state index contributed by atoms with van der Waals surface area (Å²) in [6.07, 6.45) is 5.21. The second-order valence-corrected chi connectivity index (χ2v) is 10.7. The number of nitrogens with zero attached hydrogens (tertiary/aromatic N) is 2. The van der Waals surface area contributed by atoms with E-state index in [0.717, 1.165) is 53.8 Å². The molecule has 1 amide bonds. The largest absolute Gasteiger partial charge is 0.465 e. The van der Waals surface area contributed by atoms with E-state index >= 15 is 0 Å². The van der Waals surface area contributed by atoms with Gasteiger partial charge >= 0.3 is 5.97 Å². The summed E-state index contributed by atoms with van der Waals surface area (Å²) in [5.74, 6) is -0.154. The third-order valence-corrected chi connectivity index (χ3v) is 8.20. The Kier molecular flexibility index (Phi) is 8.45. The Balaban J connectivity index is 1.44. The average molecular weight is 526 g/mol. The molecule has 0 saturated carbocycles. The summed E-state index contributed by atoms with van der Waals surface area (Å²) in [5.41, 5.74) is 3.61. The molecule has 2 heterocycles. The van der Waals surface area contributed by atoms with Gasteiger partial charge in [0.2, 0.25) is 5.91 Å². The maximum absolute atomic E-state index is 12.8. The van der Waals surface area contributed by atoms with E-state index in [9.17, 15) is 14.9 Å². The van der Waals surface area contributed by atoms with Gasteiger partial charge in [-0.15, -0.1) is 23.1 Å². The van der Waals surface area contributed by atoms with Crippen LogP contribution < -0.4 is 5.32 Å². The molecule has 2 aromatic heterocycles. The molecule has 4 rings (SSSR count). The number of carbonyl (C=O) groups excluding carboxylic acids is 2. The summed E-state index contributed by atoms with van der Waals surface area (Å²) < 4.78 is 5.01. The van der Waals surface area contributed by atoms with Gasteiger partial charge in [-0.3, -0.25) is 4.79 Å². The van der Waals surface area contributed by atoms with Crippen molar-refractivity contribution in [1.29, 1.82) is 5.26 Å². The van der Waals surface area contributed by atoms with Gasteiger partial charge in [0, 0.05) is 27.6 Å². The van der Waals surface area contributed by atoms with E-state index in [4.69, 9.17) is 16.3 Å². The van der Waals surface area contributed by atoms with E-state index in [1.807, 2.05) is 12.1 Å². The van der Waals surface area contributed by atoms with Crippen LogP contribution in [-0.4, -0.2) is 29.7 Å². The lowest BCUT2D eigenvalue weighted by molar-refractivity contribution is -0.115. The molecule has 0 aliphatic heterocycles. The lowest BCUT2D eigenvalue weighted by atomic mass is 10.1. The number of ether oxygens (including phenoxy) is 1. The minimum atomic E-state index is -0.407. The van der Waals surface area contributed by atoms with E-state index in [-0.39, 0.29) is 12.3 Å². The number of thioether (sulfide) groups is 1. The number of carbonyl (C=O) groups is 2. The summed E-state index contributed by atoms with van der Waals surface area (Å²) >= 11 is 8.81. The van der Waals surface area contributed by atoms with Gasteiger partial charge < -0.3 is 10.1 Å². The van der Waals surface area contributed by atoms with E-state index in [1.54, 1.807) is 24.3 Å². The van der Waals surface area contributed by atoms with Crippen LogP contribution >= 0.6 is 34.7 Å². The Bertz CT molecular complexity index is 1280. The predicted octanol–water partition coefficient (Wildman–Crippen LogP) is 6.51. The zero-order valence-corrected chi connectivity index (χ0v) is 21.6. The number of pyridine rings is 1. The van der Waals surface area contributed by atoms with E-state index in [2.05, 4.69) is 16.4 Å². The maximum Gasteiger partial charge on any atom is 0.341 e. The highest BCUT2D eigenvalue weighted by Crippen LogP contribution is 2.38. The molecular weight excluding hydrogens is 502 g/mol. The SMILES string of the molecule is COC(=O)c1c(NC(=O)CCSc2nc(-c3ccc(Cl)cc3)ccc2C#N)sc2c1CCCCC2. The van der Waals surface area contributed by atoms with Crippen molar-refractivity contribution < 1.29 is 14.3 Å². The van der Waals surface area contributed by atoms with Crippen LogP contribution in [0, 0.1) is 11.3 Å². The first-order chi connectivity index (χ1) is 17.0. The summed E-state index contributed by atoms with van der Waals surface area (Å²) in [7, 11) is 1.36. The molecule has 1 aliphatic rings. The van der Waals surface area contributed by atoms with Gasteiger partial charge in [0.1, 0.15) is 16.1 Å². The first-order valence-electron chi connectivity index (χ1n) is 11.3. The Hall–Kier alpha value is -2.86. The van der Waals surface area contributed by atoms with Gasteiger partial charge in [-0.2, -0.15) is 5.26 Å². The van der Waals surface area contributed by atoms with Gasteiger partial charge in [0.05, 0.1) is 23.9 Å². The molecule has 35 heavy (non-hydrogen) atoms. The number of hydrogen-bond acceptors (Lipinski definition) is 7. The van der Waals surface area contributed by atoms with E-state index in [1.165, 1.54) is 30.2 Å². The fourth-order valence-electron chi connectivity index (χ4n) is 4.00. The summed E-state index contributed by atoms with van der Waals surface area (Å²) in [6, 6.07) is 13.0. The molecule has 3 aromatic rings. The lowest BCUT2D eigenvalue weighted by Gasteiger charge is -2.09. The van der Waals surface area contributed by atoms with Crippen LogP contribution in [0.5, 0.6) is 0 Å². The number of amides is 1. The third-order valence-electron chi connectivity index (χ3n) is 5.75. The number of aryl methyl sites for hydroxylation is 1. The molecule has 180 valence electrons. The first-order valence-corrected chi connectivity index (χ1v) is 13.5. The number of fused-ring (bicyclic) bond motifs is 1. The van der Waals surface area contributed by atoms with Crippen LogP contribution in [0.1, 0.15) is 52.0 Å². The van der Waals surface area contributed by atoms with Crippen LogP contribution in [0.25, 0.3) is 11.3 Å².